The van der Waals surface area contributed by atoms with Crippen LogP contribution in [0, 0.1) is 0 Å². The molecule has 0 aliphatic heterocycles. The van der Waals surface area contributed by atoms with Gasteiger partial charge in [-0.25, -0.2) is 0 Å². The Balaban J connectivity index is 1.68. The van der Waals surface area contributed by atoms with Crippen molar-refractivity contribution in [2.45, 2.75) is 31.7 Å². The highest BCUT2D eigenvalue weighted by molar-refractivity contribution is 5.66. The molecule has 5 nitrogen and oxygen atoms in total. The van der Waals surface area contributed by atoms with Gasteiger partial charge in [0.25, 0.3) is 5.89 Å². The third-order valence-corrected chi connectivity index (χ3v) is 3.74. The van der Waals surface area contributed by atoms with Gasteiger partial charge < -0.3 is 15.0 Å². The molecule has 1 aliphatic carbocycles. The van der Waals surface area contributed by atoms with Crippen LogP contribution in [-0.4, -0.2) is 16.7 Å². The lowest BCUT2D eigenvalue weighted by atomic mass is 9.77. The fraction of sp³-hybridized carbons (Fsp3) is 0.375. The van der Waals surface area contributed by atoms with Crippen molar-refractivity contribution in [2.24, 2.45) is 5.73 Å². The van der Waals surface area contributed by atoms with Crippen LogP contribution >= 0.6 is 0 Å². The van der Waals surface area contributed by atoms with E-state index in [-0.39, 0.29) is 5.54 Å². The molecule has 1 saturated carbocycles. The summed E-state index contributed by atoms with van der Waals surface area (Å²) in [5.41, 5.74) is 6.83. The monoisotopic (exact) mass is 285 g/mol. The summed E-state index contributed by atoms with van der Waals surface area (Å²) in [5.74, 6) is 1.96. The maximum absolute atomic E-state index is 6.17. The highest BCUT2D eigenvalue weighted by atomic mass is 16.5. The van der Waals surface area contributed by atoms with E-state index in [9.17, 15) is 0 Å². The first-order valence-electron chi connectivity index (χ1n) is 7.24. The molecule has 0 amide bonds. The van der Waals surface area contributed by atoms with Crippen molar-refractivity contribution in [1.82, 2.24) is 10.1 Å². The zero-order chi connectivity index (χ0) is 14.7. The second-order valence-electron chi connectivity index (χ2n) is 5.30. The van der Waals surface area contributed by atoms with Gasteiger partial charge in [0.05, 0.1) is 12.1 Å². The number of nitrogens with zero attached hydrogens (tertiary/aromatic N) is 2. The standard InChI is InChI=1S/C16H19N3O2/c1-2-20-13-7-4-12(5-8-13)6-9-14-18-15(19-21-14)16(17)10-3-11-16/h4-9H,2-3,10-11,17H2,1H3/b9-6+. The van der Waals surface area contributed by atoms with Crippen molar-refractivity contribution >= 4 is 12.2 Å². The van der Waals surface area contributed by atoms with Gasteiger partial charge >= 0.3 is 0 Å². The maximum atomic E-state index is 6.17. The summed E-state index contributed by atoms with van der Waals surface area (Å²) in [4.78, 5) is 4.35. The molecule has 1 aromatic heterocycles. The first-order chi connectivity index (χ1) is 10.2. The number of aromatic nitrogens is 2. The van der Waals surface area contributed by atoms with Crippen LogP contribution in [0.5, 0.6) is 5.75 Å². The normalized spacial score (nSPS) is 16.9. The average Bonchev–Trinajstić information content (AvgIpc) is 2.94. The fourth-order valence-electron chi connectivity index (χ4n) is 2.30. The van der Waals surface area contributed by atoms with Crippen molar-refractivity contribution in [3.05, 3.63) is 41.5 Å². The number of benzene rings is 1. The Morgan fingerprint density at radius 3 is 2.67 bits per heavy atom. The molecule has 0 unspecified atom stereocenters. The SMILES string of the molecule is CCOc1ccc(/C=C/c2nc(C3(N)CCC3)no2)cc1. The molecule has 1 fully saturated rings. The lowest BCUT2D eigenvalue weighted by molar-refractivity contribution is 0.229. The maximum Gasteiger partial charge on any atom is 0.250 e. The quantitative estimate of drug-likeness (QED) is 0.914. The van der Waals surface area contributed by atoms with Crippen molar-refractivity contribution in [2.75, 3.05) is 6.61 Å². The van der Waals surface area contributed by atoms with Crippen LogP contribution in [0.25, 0.3) is 12.2 Å². The van der Waals surface area contributed by atoms with Crippen LogP contribution in [-0.2, 0) is 5.54 Å². The Bertz CT molecular complexity index is 627. The lowest BCUT2D eigenvalue weighted by Gasteiger charge is -2.34. The number of hydrogen-bond donors (Lipinski definition) is 1. The number of hydrogen-bond acceptors (Lipinski definition) is 5. The van der Waals surface area contributed by atoms with Crippen LogP contribution in [0.3, 0.4) is 0 Å². The summed E-state index contributed by atoms with van der Waals surface area (Å²) in [6, 6.07) is 7.83. The third-order valence-electron chi connectivity index (χ3n) is 3.74. The van der Waals surface area contributed by atoms with Crippen molar-refractivity contribution in [1.29, 1.82) is 0 Å². The molecule has 1 aromatic carbocycles. The molecule has 21 heavy (non-hydrogen) atoms. The van der Waals surface area contributed by atoms with E-state index in [0.29, 0.717) is 18.3 Å². The zero-order valence-electron chi connectivity index (χ0n) is 12.1. The molecule has 110 valence electrons. The smallest absolute Gasteiger partial charge is 0.250 e. The Labute approximate surface area is 123 Å². The summed E-state index contributed by atoms with van der Waals surface area (Å²) >= 11 is 0. The molecule has 0 atom stereocenters. The van der Waals surface area contributed by atoms with Gasteiger partial charge in [-0.3, -0.25) is 0 Å². The second-order valence-corrected chi connectivity index (χ2v) is 5.30. The van der Waals surface area contributed by atoms with Gasteiger partial charge in [0.1, 0.15) is 5.75 Å². The molecule has 0 spiro atoms. The first-order valence-corrected chi connectivity index (χ1v) is 7.24. The first kappa shape index (κ1) is 13.8. The van der Waals surface area contributed by atoms with Crippen LogP contribution in [0.2, 0.25) is 0 Å². The van der Waals surface area contributed by atoms with Crippen LogP contribution in [0.1, 0.15) is 43.5 Å². The molecule has 0 saturated heterocycles. The summed E-state index contributed by atoms with van der Waals surface area (Å²) < 4.78 is 10.6. The Morgan fingerprint density at radius 2 is 2.05 bits per heavy atom. The summed E-state index contributed by atoms with van der Waals surface area (Å²) in [6.07, 6.45) is 6.71. The average molecular weight is 285 g/mol. The number of rotatable bonds is 5. The Kier molecular flexibility index (Phi) is 3.75. The lowest BCUT2D eigenvalue weighted by Crippen LogP contribution is -2.44. The number of nitrogens with two attached hydrogens (primary N) is 1. The fourth-order valence-corrected chi connectivity index (χ4v) is 2.30. The molecule has 1 aliphatic rings. The summed E-state index contributed by atoms with van der Waals surface area (Å²) in [7, 11) is 0. The van der Waals surface area contributed by atoms with Gasteiger partial charge in [-0.05, 0) is 50.0 Å². The largest absolute Gasteiger partial charge is 0.494 e. The second kappa shape index (κ2) is 5.69. The van der Waals surface area contributed by atoms with Crippen molar-refractivity contribution in [3.63, 3.8) is 0 Å². The predicted octanol–water partition coefficient (Wildman–Crippen LogP) is 2.98. The molecule has 5 heteroatoms. The van der Waals surface area contributed by atoms with E-state index < -0.39 is 0 Å². The van der Waals surface area contributed by atoms with E-state index in [1.807, 2.05) is 37.3 Å². The summed E-state index contributed by atoms with van der Waals surface area (Å²) in [5, 5.41) is 3.98. The van der Waals surface area contributed by atoms with Crippen LogP contribution in [0.15, 0.2) is 28.8 Å². The van der Waals surface area contributed by atoms with Crippen molar-refractivity contribution in [3.8, 4) is 5.75 Å². The van der Waals surface area contributed by atoms with E-state index >= 15 is 0 Å². The van der Waals surface area contributed by atoms with Gasteiger partial charge in [0.15, 0.2) is 5.82 Å². The third kappa shape index (κ3) is 2.97. The molecule has 0 bridgehead atoms. The summed E-state index contributed by atoms with van der Waals surface area (Å²) in [6.45, 7) is 2.63. The Hall–Kier alpha value is -2.14. The highest BCUT2D eigenvalue weighted by Gasteiger charge is 2.38. The van der Waals surface area contributed by atoms with Gasteiger partial charge in [-0.1, -0.05) is 17.3 Å². The van der Waals surface area contributed by atoms with E-state index in [1.165, 1.54) is 0 Å². The van der Waals surface area contributed by atoms with Crippen LogP contribution < -0.4 is 10.5 Å². The predicted molar refractivity (Wildman–Crippen MR) is 80.6 cm³/mol. The minimum absolute atomic E-state index is 0.380. The van der Waals surface area contributed by atoms with E-state index in [1.54, 1.807) is 6.08 Å². The molecule has 2 aromatic rings. The van der Waals surface area contributed by atoms with Gasteiger partial charge in [-0.2, -0.15) is 4.98 Å². The number of ether oxygens (including phenoxy) is 1. The van der Waals surface area contributed by atoms with E-state index in [4.69, 9.17) is 15.0 Å². The molecule has 2 N–H and O–H groups in total. The minimum Gasteiger partial charge on any atom is -0.494 e. The van der Waals surface area contributed by atoms with E-state index in [2.05, 4.69) is 10.1 Å². The van der Waals surface area contributed by atoms with Gasteiger partial charge in [0, 0.05) is 6.08 Å². The molecule has 3 rings (SSSR count). The van der Waals surface area contributed by atoms with E-state index in [0.717, 1.165) is 30.6 Å². The minimum atomic E-state index is -0.380. The molecular weight excluding hydrogens is 266 g/mol. The van der Waals surface area contributed by atoms with Crippen molar-refractivity contribution < 1.29 is 9.26 Å². The topological polar surface area (TPSA) is 74.2 Å². The van der Waals surface area contributed by atoms with Gasteiger partial charge in [-0.15, -0.1) is 0 Å². The highest BCUT2D eigenvalue weighted by Crippen LogP contribution is 2.36. The van der Waals surface area contributed by atoms with Gasteiger partial charge in [0.2, 0.25) is 0 Å². The molecule has 1 heterocycles. The molecular formula is C16H19N3O2. The molecule has 0 radical (unpaired) electrons. The Morgan fingerprint density at radius 1 is 1.29 bits per heavy atom. The zero-order valence-corrected chi connectivity index (χ0v) is 12.1. The van der Waals surface area contributed by atoms with Crippen LogP contribution in [0.4, 0.5) is 0 Å².